The summed E-state index contributed by atoms with van der Waals surface area (Å²) in [5, 5.41) is 0. The third-order valence-corrected chi connectivity index (χ3v) is 3.00. The molecule has 0 aromatic heterocycles. The van der Waals surface area contributed by atoms with Crippen LogP contribution in [0.5, 0.6) is 0 Å². The summed E-state index contributed by atoms with van der Waals surface area (Å²) in [6.45, 7) is 10.2. The van der Waals surface area contributed by atoms with E-state index in [1.165, 1.54) is 0 Å². The van der Waals surface area contributed by atoms with Crippen LogP contribution in [-0.2, 0) is 11.2 Å². The summed E-state index contributed by atoms with van der Waals surface area (Å²) in [5.41, 5.74) is 6.88. The van der Waals surface area contributed by atoms with Crippen LogP contribution < -0.4 is 5.73 Å². The van der Waals surface area contributed by atoms with E-state index in [-0.39, 0.29) is 11.4 Å². The fourth-order valence-electron chi connectivity index (χ4n) is 1.98. The van der Waals surface area contributed by atoms with Crippen molar-refractivity contribution in [1.29, 1.82) is 0 Å². The van der Waals surface area contributed by atoms with Gasteiger partial charge in [-0.2, -0.15) is 0 Å². The third-order valence-electron chi connectivity index (χ3n) is 3.00. The van der Waals surface area contributed by atoms with Gasteiger partial charge >= 0.3 is 0 Å². The molecule has 1 aromatic carbocycles. The Bertz CT molecular complexity index is 420. The van der Waals surface area contributed by atoms with Crippen LogP contribution in [0.2, 0.25) is 0 Å². The normalized spacial score (nSPS) is 12.8. The van der Waals surface area contributed by atoms with Gasteiger partial charge in [0.15, 0.2) is 0 Å². The molecule has 0 unspecified atom stereocenters. The van der Waals surface area contributed by atoms with Gasteiger partial charge in [0.1, 0.15) is 0 Å². The average molecular weight is 260 g/mol. The number of nitrogens with zero attached hydrogens (tertiary/aromatic N) is 1. The molecule has 0 saturated carbocycles. The molecule has 104 valence electrons. The van der Waals surface area contributed by atoms with E-state index in [0.29, 0.717) is 13.0 Å². The van der Waals surface area contributed by atoms with E-state index in [9.17, 15) is 4.79 Å². The van der Waals surface area contributed by atoms with Crippen LogP contribution in [0.4, 0.5) is 0 Å². The second kappa shape index (κ2) is 6.53. The largest absolute Gasteiger partial charge is 0.333 e. The number of hydrogen-bond acceptors (Lipinski definition) is 2. The van der Waals surface area contributed by atoms with Crippen molar-refractivity contribution in [3.05, 3.63) is 48.6 Å². The van der Waals surface area contributed by atoms with E-state index in [1.54, 1.807) is 11.0 Å². The maximum absolute atomic E-state index is 12.4. The number of carbonyl (C=O) groups excluding carboxylic acids is 1. The summed E-state index contributed by atoms with van der Waals surface area (Å²) >= 11 is 0. The minimum absolute atomic E-state index is 0.0312. The first-order valence-electron chi connectivity index (χ1n) is 6.58. The standard InChI is InChI=1S/C16H24N2O/c1-5-11-18(16(2,3)4)15(19)14(17)12-13-9-7-6-8-10-13/h5-10,14H,1,11-12,17H2,2-4H3/t14-/m0/s1. The molecule has 0 fully saturated rings. The Hall–Kier alpha value is -1.61. The number of hydrogen-bond donors (Lipinski definition) is 1. The van der Waals surface area contributed by atoms with Gasteiger partial charge in [-0.25, -0.2) is 0 Å². The molecule has 0 spiro atoms. The molecule has 3 nitrogen and oxygen atoms in total. The van der Waals surface area contributed by atoms with Crippen molar-refractivity contribution in [3.8, 4) is 0 Å². The molecular formula is C16H24N2O. The van der Waals surface area contributed by atoms with Crippen molar-refractivity contribution < 1.29 is 4.79 Å². The van der Waals surface area contributed by atoms with Gasteiger partial charge in [0.25, 0.3) is 0 Å². The van der Waals surface area contributed by atoms with Crippen LogP contribution >= 0.6 is 0 Å². The van der Waals surface area contributed by atoms with Crippen molar-refractivity contribution in [3.63, 3.8) is 0 Å². The molecule has 0 saturated heterocycles. The Kier molecular flexibility index (Phi) is 5.31. The summed E-state index contributed by atoms with van der Waals surface area (Å²) in [6.07, 6.45) is 2.29. The van der Waals surface area contributed by atoms with E-state index in [0.717, 1.165) is 5.56 Å². The zero-order valence-corrected chi connectivity index (χ0v) is 12.1. The highest BCUT2D eigenvalue weighted by molar-refractivity contribution is 5.82. The molecule has 0 radical (unpaired) electrons. The highest BCUT2D eigenvalue weighted by Crippen LogP contribution is 2.15. The van der Waals surface area contributed by atoms with E-state index >= 15 is 0 Å². The van der Waals surface area contributed by atoms with Gasteiger partial charge in [0.05, 0.1) is 6.04 Å². The SMILES string of the molecule is C=CCN(C(=O)[C@@H](N)Cc1ccccc1)C(C)(C)C. The van der Waals surface area contributed by atoms with Gasteiger partial charge in [-0.3, -0.25) is 4.79 Å². The van der Waals surface area contributed by atoms with Gasteiger partial charge in [-0.15, -0.1) is 6.58 Å². The van der Waals surface area contributed by atoms with Gasteiger partial charge in [-0.1, -0.05) is 36.4 Å². The van der Waals surface area contributed by atoms with E-state index in [2.05, 4.69) is 6.58 Å². The third kappa shape index (κ3) is 4.52. The molecular weight excluding hydrogens is 236 g/mol. The molecule has 2 N–H and O–H groups in total. The number of carbonyl (C=O) groups is 1. The number of nitrogens with two attached hydrogens (primary N) is 1. The molecule has 1 amide bonds. The predicted molar refractivity (Wildman–Crippen MR) is 79.8 cm³/mol. The lowest BCUT2D eigenvalue weighted by atomic mass is 10.0. The molecule has 0 aliphatic heterocycles. The van der Waals surface area contributed by atoms with E-state index < -0.39 is 6.04 Å². The predicted octanol–water partition coefficient (Wildman–Crippen LogP) is 2.37. The van der Waals surface area contributed by atoms with Crippen molar-refractivity contribution in [1.82, 2.24) is 4.90 Å². The number of rotatable bonds is 5. The Morgan fingerprint density at radius 3 is 2.42 bits per heavy atom. The Balaban J connectivity index is 2.77. The maximum Gasteiger partial charge on any atom is 0.240 e. The van der Waals surface area contributed by atoms with Gasteiger partial charge in [0, 0.05) is 12.1 Å². The molecule has 19 heavy (non-hydrogen) atoms. The highest BCUT2D eigenvalue weighted by Gasteiger charge is 2.29. The topological polar surface area (TPSA) is 46.3 Å². The lowest BCUT2D eigenvalue weighted by molar-refractivity contribution is -0.136. The zero-order chi connectivity index (χ0) is 14.5. The second-order valence-corrected chi connectivity index (χ2v) is 5.70. The second-order valence-electron chi connectivity index (χ2n) is 5.70. The quantitative estimate of drug-likeness (QED) is 0.826. The average Bonchev–Trinajstić information content (AvgIpc) is 2.35. The molecule has 1 atom stereocenters. The first-order valence-corrected chi connectivity index (χ1v) is 6.58. The molecule has 0 aliphatic carbocycles. The maximum atomic E-state index is 12.4. The van der Waals surface area contributed by atoms with Crippen molar-refractivity contribution in [2.45, 2.75) is 38.8 Å². The number of benzene rings is 1. The van der Waals surface area contributed by atoms with Crippen LogP contribution in [-0.4, -0.2) is 28.9 Å². The summed E-state index contributed by atoms with van der Waals surface area (Å²) in [6, 6.07) is 9.33. The summed E-state index contributed by atoms with van der Waals surface area (Å²) in [5.74, 6) is -0.0312. The molecule has 1 rings (SSSR count). The molecule has 1 aromatic rings. The molecule has 0 bridgehead atoms. The Labute approximate surface area is 116 Å². The minimum Gasteiger partial charge on any atom is -0.333 e. The Morgan fingerprint density at radius 1 is 1.37 bits per heavy atom. The van der Waals surface area contributed by atoms with Crippen LogP contribution in [0.25, 0.3) is 0 Å². The van der Waals surface area contributed by atoms with Crippen molar-refractivity contribution in [2.24, 2.45) is 5.73 Å². The van der Waals surface area contributed by atoms with Crippen molar-refractivity contribution >= 4 is 5.91 Å². The highest BCUT2D eigenvalue weighted by atomic mass is 16.2. The van der Waals surface area contributed by atoms with Crippen molar-refractivity contribution in [2.75, 3.05) is 6.54 Å². The molecule has 3 heteroatoms. The lowest BCUT2D eigenvalue weighted by Gasteiger charge is -2.36. The zero-order valence-electron chi connectivity index (χ0n) is 12.1. The van der Waals surface area contributed by atoms with Crippen LogP contribution in [0.1, 0.15) is 26.3 Å². The van der Waals surface area contributed by atoms with Crippen LogP contribution in [0.15, 0.2) is 43.0 Å². The van der Waals surface area contributed by atoms with E-state index in [4.69, 9.17) is 5.73 Å². The lowest BCUT2D eigenvalue weighted by Crippen LogP contribution is -2.52. The summed E-state index contributed by atoms with van der Waals surface area (Å²) in [7, 11) is 0. The summed E-state index contributed by atoms with van der Waals surface area (Å²) in [4.78, 5) is 14.2. The number of amides is 1. The van der Waals surface area contributed by atoms with Gasteiger partial charge in [-0.05, 0) is 32.8 Å². The molecule has 0 heterocycles. The van der Waals surface area contributed by atoms with Crippen LogP contribution in [0.3, 0.4) is 0 Å². The minimum atomic E-state index is -0.512. The first-order chi connectivity index (χ1) is 8.86. The van der Waals surface area contributed by atoms with Gasteiger partial charge < -0.3 is 10.6 Å². The summed E-state index contributed by atoms with van der Waals surface area (Å²) < 4.78 is 0. The molecule has 0 aliphatic rings. The smallest absolute Gasteiger partial charge is 0.240 e. The fourth-order valence-corrected chi connectivity index (χ4v) is 1.98. The van der Waals surface area contributed by atoms with Crippen LogP contribution in [0, 0.1) is 0 Å². The Morgan fingerprint density at radius 2 is 1.95 bits per heavy atom. The fraction of sp³-hybridized carbons (Fsp3) is 0.438. The monoisotopic (exact) mass is 260 g/mol. The van der Waals surface area contributed by atoms with Gasteiger partial charge in [0.2, 0.25) is 5.91 Å². The van der Waals surface area contributed by atoms with E-state index in [1.807, 2.05) is 51.1 Å². The first kappa shape index (κ1) is 15.4.